The van der Waals surface area contributed by atoms with Gasteiger partial charge in [0.05, 0.1) is 0 Å². The largest absolute Gasteiger partial charge is 0.370 e. The Labute approximate surface area is 119 Å². The lowest BCUT2D eigenvalue weighted by Crippen LogP contribution is -2.32. The minimum atomic E-state index is 0.820. The summed E-state index contributed by atoms with van der Waals surface area (Å²) in [7, 11) is 0. The van der Waals surface area contributed by atoms with Crippen molar-refractivity contribution in [2.45, 2.75) is 40.5 Å². The molecular weight excluding hydrogens is 232 g/mol. The van der Waals surface area contributed by atoms with Gasteiger partial charge in [0, 0.05) is 25.3 Å². The maximum atomic E-state index is 3.55. The fourth-order valence-electron chi connectivity index (χ4n) is 2.34. The van der Waals surface area contributed by atoms with Crippen molar-refractivity contribution >= 4 is 5.69 Å². The second-order valence-electron chi connectivity index (χ2n) is 5.65. The Hall–Kier alpha value is -1.02. The van der Waals surface area contributed by atoms with Crippen molar-refractivity contribution in [1.82, 2.24) is 5.32 Å². The minimum Gasteiger partial charge on any atom is -0.370 e. The molecule has 0 atom stereocenters. The number of para-hydroxylation sites is 1. The van der Waals surface area contributed by atoms with Crippen LogP contribution >= 0.6 is 0 Å². The van der Waals surface area contributed by atoms with Crippen LogP contribution in [0.5, 0.6) is 0 Å². The highest BCUT2D eigenvalue weighted by Gasteiger charge is 2.05. The average molecular weight is 262 g/mol. The molecule has 0 spiro atoms. The van der Waals surface area contributed by atoms with Crippen LogP contribution in [0.2, 0.25) is 0 Å². The molecule has 0 saturated heterocycles. The fraction of sp³-hybridized carbons (Fsp3) is 0.647. The van der Waals surface area contributed by atoms with Gasteiger partial charge in [0.2, 0.25) is 0 Å². The fourth-order valence-corrected chi connectivity index (χ4v) is 2.34. The Morgan fingerprint density at radius 2 is 1.89 bits per heavy atom. The van der Waals surface area contributed by atoms with E-state index >= 15 is 0 Å². The first kappa shape index (κ1) is 16.0. The third-order valence-corrected chi connectivity index (χ3v) is 3.53. The van der Waals surface area contributed by atoms with Crippen LogP contribution in [-0.2, 0) is 0 Å². The Balaban J connectivity index is 2.28. The molecule has 0 aromatic heterocycles. The molecule has 0 aliphatic heterocycles. The highest BCUT2D eigenvalue weighted by atomic mass is 15.1. The SMILES string of the molecule is CCN(CCNCCCC(C)C)c1ccccc1C. The number of nitrogens with one attached hydrogen (secondary N) is 1. The molecule has 1 aromatic rings. The zero-order valence-electron chi connectivity index (χ0n) is 13.1. The Kier molecular flexibility index (Phi) is 7.57. The second kappa shape index (κ2) is 8.98. The molecule has 0 heterocycles. The summed E-state index contributed by atoms with van der Waals surface area (Å²) in [5.41, 5.74) is 2.73. The number of benzene rings is 1. The number of hydrogen-bond donors (Lipinski definition) is 1. The quantitative estimate of drug-likeness (QED) is 0.680. The highest BCUT2D eigenvalue weighted by molar-refractivity contribution is 5.52. The first-order chi connectivity index (χ1) is 9.15. The summed E-state index contributed by atoms with van der Waals surface area (Å²) in [4.78, 5) is 2.45. The predicted molar refractivity (Wildman–Crippen MR) is 86.0 cm³/mol. The molecule has 19 heavy (non-hydrogen) atoms. The summed E-state index contributed by atoms with van der Waals surface area (Å²) >= 11 is 0. The van der Waals surface area contributed by atoms with E-state index in [0.29, 0.717) is 0 Å². The standard InChI is InChI=1S/C17H30N2/c1-5-19(17-11-7-6-10-16(17)4)14-13-18-12-8-9-15(2)3/h6-7,10-11,15,18H,5,8-9,12-14H2,1-4H3. The van der Waals surface area contributed by atoms with Gasteiger partial charge in [-0.3, -0.25) is 0 Å². The van der Waals surface area contributed by atoms with Crippen molar-refractivity contribution in [2.75, 3.05) is 31.1 Å². The Morgan fingerprint density at radius 3 is 2.53 bits per heavy atom. The van der Waals surface area contributed by atoms with Crippen LogP contribution in [0.4, 0.5) is 5.69 Å². The molecular formula is C17H30N2. The van der Waals surface area contributed by atoms with E-state index in [0.717, 1.165) is 32.1 Å². The molecule has 2 heteroatoms. The van der Waals surface area contributed by atoms with Gasteiger partial charge in [0.25, 0.3) is 0 Å². The topological polar surface area (TPSA) is 15.3 Å². The lowest BCUT2D eigenvalue weighted by atomic mass is 10.1. The van der Waals surface area contributed by atoms with Crippen molar-refractivity contribution in [3.63, 3.8) is 0 Å². The van der Waals surface area contributed by atoms with Gasteiger partial charge in [0.15, 0.2) is 0 Å². The molecule has 0 aliphatic rings. The minimum absolute atomic E-state index is 0.820. The van der Waals surface area contributed by atoms with Crippen molar-refractivity contribution in [3.05, 3.63) is 29.8 Å². The molecule has 0 saturated carbocycles. The normalized spacial score (nSPS) is 11.0. The van der Waals surface area contributed by atoms with E-state index in [-0.39, 0.29) is 0 Å². The van der Waals surface area contributed by atoms with Crippen LogP contribution < -0.4 is 10.2 Å². The van der Waals surface area contributed by atoms with Crippen LogP contribution in [-0.4, -0.2) is 26.2 Å². The van der Waals surface area contributed by atoms with Crippen LogP contribution in [0.3, 0.4) is 0 Å². The van der Waals surface area contributed by atoms with Crippen LogP contribution in [0, 0.1) is 12.8 Å². The molecule has 1 N–H and O–H groups in total. The maximum absolute atomic E-state index is 3.55. The molecule has 0 amide bonds. The van der Waals surface area contributed by atoms with Gasteiger partial charge in [-0.2, -0.15) is 0 Å². The number of nitrogens with zero attached hydrogens (tertiary/aromatic N) is 1. The lowest BCUT2D eigenvalue weighted by molar-refractivity contribution is 0.528. The molecule has 0 fully saturated rings. The monoisotopic (exact) mass is 262 g/mol. The van der Waals surface area contributed by atoms with E-state index in [1.165, 1.54) is 24.1 Å². The van der Waals surface area contributed by atoms with Crippen LogP contribution in [0.1, 0.15) is 39.2 Å². The number of aryl methyl sites for hydroxylation is 1. The van der Waals surface area contributed by atoms with Gasteiger partial charge in [-0.25, -0.2) is 0 Å². The van der Waals surface area contributed by atoms with E-state index in [1.807, 2.05) is 0 Å². The van der Waals surface area contributed by atoms with Crippen LogP contribution in [0.25, 0.3) is 0 Å². The molecule has 108 valence electrons. The van der Waals surface area contributed by atoms with Crippen molar-refractivity contribution in [3.8, 4) is 0 Å². The van der Waals surface area contributed by atoms with Gasteiger partial charge in [-0.15, -0.1) is 0 Å². The molecule has 0 unspecified atom stereocenters. The van der Waals surface area contributed by atoms with Gasteiger partial charge in [-0.1, -0.05) is 32.0 Å². The van der Waals surface area contributed by atoms with Gasteiger partial charge in [0.1, 0.15) is 0 Å². The summed E-state index contributed by atoms with van der Waals surface area (Å²) in [6.07, 6.45) is 2.61. The lowest BCUT2D eigenvalue weighted by Gasteiger charge is -2.25. The number of likely N-dealkylation sites (N-methyl/N-ethyl adjacent to an activating group) is 1. The zero-order chi connectivity index (χ0) is 14.1. The van der Waals surface area contributed by atoms with Crippen LogP contribution in [0.15, 0.2) is 24.3 Å². The Morgan fingerprint density at radius 1 is 1.16 bits per heavy atom. The van der Waals surface area contributed by atoms with Gasteiger partial charge in [-0.05, 0) is 50.8 Å². The molecule has 1 rings (SSSR count). The summed E-state index contributed by atoms with van der Waals surface area (Å²) in [6.45, 7) is 13.4. The zero-order valence-corrected chi connectivity index (χ0v) is 13.1. The molecule has 0 bridgehead atoms. The van der Waals surface area contributed by atoms with Crippen molar-refractivity contribution in [1.29, 1.82) is 0 Å². The summed E-state index contributed by atoms with van der Waals surface area (Å²) < 4.78 is 0. The number of hydrogen-bond acceptors (Lipinski definition) is 2. The first-order valence-electron chi connectivity index (χ1n) is 7.66. The van der Waals surface area contributed by atoms with Crippen molar-refractivity contribution < 1.29 is 0 Å². The third kappa shape index (κ3) is 6.11. The summed E-state index contributed by atoms with van der Waals surface area (Å²) in [6, 6.07) is 8.64. The molecule has 1 aromatic carbocycles. The second-order valence-corrected chi connectivity index (χ2v) is 5.65. The predicted octanol–water partition coefficient (Wildman–Crippen LogP) is 3.85. The van der Waals surface area contributed by atoms with E-state index < -0.39 is 0 Å². The summed E-state index contributed by atoms with van der Waals surface area (Å²) in [5, 5.41) is 3.55. The number of rotatable bonds is 9. The van der Waals surface area contributed by atoms with Crippen molar-refractivity contribution in [2.24, 2.45) is 5.92 Å². The van der Waals surface area contributed by atoms with E-state index in [2.05, 4.69) is 62.2 Å². The molecule has 0 aliphatic carbocycles. The summed E-state index contributed by atoms with van der Waals surface area (Å²) in [5.74, 6) is 0.820. The third-order valence-electron chi connectivity index (χ3n) is 3.53. The molecule has 0 radical (unpaired) electrons. The first-order valence-corrected chi connectivity index (χ1v) is 7.66. The van der Waals surface area contributed by atoms with Gasteiger partial charge >= 0.3 is 0 Å². The maximum Gasteiger partial charge on any atom is 0.0396 e. The van der Waals surface area contributed by atoms with E-state index in [4.69, 9.17) is 0 Å². The molecule has 2 nitrogen and oxygen atoms in total. The van der Waals surface area contributed by atoms with Gasteiger partial charge < -0.3 is 10.2 Å². The smallest absolute Gasteiger partial charge is 0.0396 e. The average Bonchev–Trinajstić information content (AvgIpc) is 2.39. The van der Waals surface area contributed by atoms with E-state index in [9.17, 15) is 0 Å². The number of anilines is 1. The van der Waals surface area contributed by atoms with E-state index in [1.54, 1.807) is 0 Å². The Bertz CT molecular complexity index is 347. The highest BCUT2D eigenvalue weighted by Crippen LogP contribution is 2.18.